The van der Waals surface area contributed by atoms with Crippen molar-refractivity contribution in [3.63, 3.8) is 0 Å². The quantitative estimate of drug-likeness (QED) is 0.317. The van der Waals surface area contributed by atoms with E-state index in [2.05, 4.69) is 25.6 Å². The molecule has 36 heavy (non-hydrogen) atoms. The predicted octanol–water partition coefficient (Wildman–Crippen LogP) is 5.05. The minimum absolute atomic E-state index is 0.183. The lowest BCUT2D eigenvalue weighted by Crippen LogP contribution is -2.17. The van der Waals surface area contributed by atoms with Crippen molar-refractivity contribution in [1.29, 1.82) is 0 Å². The summed E-state index contributed by atoms with van der Waals surface area (Å²) in [5, 5.41) is 14.5. The molecule has 2 heterocycles. The predicted molar refractivity (Wildman–Crippen MR) is 129 cm³/mol. The number of amides is 1. The number of anilines is 2. The molecule has 0 saturated carbocycles. The summed E-state index contributed by atoms with van der Waals surface area (Å²) in [6.07, 6.45) is -0.413. The number of hydrogen-bond acceptors (Lipinski definition) is 6. The van der Waals surface area contributed by atoms with Crippen LogP contribution in [-0.2, 0) is 6.18 Å². The summed E-state index contributed by atoms with van der Waals surface area (Å²) in [6.45, 7) is 1.92. The third kappa shape index (κ3) is 5.81. The number of nitrogens with one attached hydrogen (secondary N) is 2. The third-order valence-electron chi connectivity index (χ3n) is 5.00. The molecule has 186 valence electrons. The molecule has 0 saturated heterocycles. The van der Waals surface area contributed by atoms with Crippen molar-refractivity contribution >= 4 is 29.1 Å². The summed E-state index contributed by atoms with van der Waals surface area (Å²) in [5.74, 6) is 0.635. The van der Waals surface area contributed by atoms with Gasteiger partial charge in [-0.3, -0.25) is 9.36 Å². The highest BCUT2D eigenvalue weighted by molar-refractivity contribution is 6.31. The first kappa shape index (κ1) is 25.1. The van der Waals surface area contributed by atoms with Crippen LogP contribution in [0.5, 0.6) is 0 Å². The molecule has 2 aromatic carbocycles. The van der Waals surface area contributed by atoms with Crippen LogP contribution in [0.2, 0.25) is 5.02 Å². The first-order valence-corrected chi connectivity index (χ1v) is 11.1. The molecule has 0 fully saturated rings. The fourth-order valence-electron chi connectivity index (χ4n) is 3.33. The van der Waals surface area contributed by atoms with Crippen molar-refractivity contribution in [3.05, 3.63) is 83.3 Å². The molecule has 12 heteroatoms. The SMILES string of the molecule is C[C@H](O)CNc1nccc(-n2ccnc2-c2cccc(NC(=O)c3ccc(Cl)c(C(F)(F)F)c3)c2)n1. The van der Waals surface area contributed by atoms with Gasteiger partial charge in [-0.15, -0.1) is 0 Å². The number of benzene rings is 2. The van der Waals surface area contributed by atoms with E-state index in [0.29, 0.717) is 34.9 Å². The minimum atomic E-state index is -4.68. The number of carbonyl (C=O) groups excluding carboxylic acids is 1. The Balaban J connectivity index is 1.58. The number of halogens is 4. The van der Waals surface area contributed by atoms with E-state index in [4.69, 9.17) is 11.6 Å². The topological polar surface area (TPSA) is 105 Å². The molecule has 4 rings (SSSR count). The van der Waals surface area contributed by atoms with Gasteiger partial charge >= 0.3 is 6.18 Å². The summed E-state index contributed by atoms with van der Waals surface area (Å²) >= 11 is 5.64. The summed E-state index contributed by atoms with van der Waals surface area (Å²) in [5.41, 5.74) is -0.281. The Morgan fingerprint density at radius 2 is 1.94 bits per heavy atom. The third-order valence-corrected chi connectivity index (χ3v) is 5.33. The maximum absolute atomic E-state index is 13.2. The van der Waals surface area contributed by atoms with E-state index in [9.17, 15) is 23.1 Å². The van der Waals surface area contributed by atoms with Crippen LogP contribution < -0.4 is 10.6 Å². The van der Waals surface area contributed by atoms with Gasteiger partial charge in [-0.2, -0.15) is 18.2 Å². The van der Waals surface area contributed by atoms with Crippen molar-refractivity contribution in [2.24, 2.45) is 0 Å². The molecule has 0 radical (unpaired) electrons. The van der Waals surface area contributed by atoms with E-state index >= 15 is 0 Å². The number of aliphatic hydroxyl groups excluding tert-OH is 1. The molecule has 0 aliphatic heterocycles. The van der Waals surface area contributed by atoms with Gasteiger partial charge in [0.25, 0.3) is 5.91 Å². The molecular weight excluding hydrogens is 497 g/mol. The van der Waals surface area contributed by atoms with Crippen molar-refractivity contribution in [1.82, 2.24) is 19.5 Å². The summed E-state index contributed by atoms with van der Waals surface area (Å²) in [4.78, 5) is 25.6. The average Bonchev–Trinajstić information content (AvgIpc) is 3.33. The van der Waals surface area contributed by atoms with Gasteiger partial charge in [-0.05, 0) is 43.3 Å². The normalized spacial score (nSPS) is 12.3. The Hall–Kier alpha value is -3.96. The van der Waals surface area contributed by atoms with Crippen LogP contribution in [-0.4, -0.2) is 43.2 Å². The number of nitrogens with zero attached hydrogens (tertiary/aromatic N) is 4. The lowest BCUT2D eigenvalue weighted by Gasteiger charge is -2.12. The summed E-state index contributed by atoms with van der Waals surface area (Å²) in [7, 11) is 0. The standard InChI is InChI=1S/C24H20ClF3N6O2/c1-14(35)13-31-23-30-8-7-20(33-23)34-10-9-29-21(34)15-3-2-4-17(11-15)32-22(36)16-5-6-19(25)18(12-16)24(26,27)28/h2-12,14,35H,13H2,1H3,(H,32,36)(H,30,31,33)/t14-/m0/s1. The number of rotatable bonds is 7. The average molecular weight is 517 g/mol. The van der Waals surface area contributed by atoms with Crippen molar-refractivity contribution in [2.75, 3.05) is 17.2 Å². The van der Waals surface area contributed by atoms with Gasteiger partial charge in [-0.25, -0.2) is 9.97 Å². The number of carbonyl (C=O) groups is 1. The Labute approximate surface area is 208 Å². The number of aliphatic hydroxyl groups is 1. The van der Waals surface area contributed by atoms with E-state index < -0.39 is 28.8 Å². The molecule has 8 nitrogen and oxygen atoms in total. The maximum Gasteiger partial charge on any atom is 0.417 e. The Kier molecular flexibility index (Phi) is 7.22. The van der Waals surface area contributed by atoms with Crippen molar-refractivity contribution in [2.45, 2.75) is 19.2 Å². The monoisotopic (exact) mass is 516 g/mol. The smallest absolute Gasteiger partial charge is 0.392 e. The molecule has 0 aliphatic rings. The lowest BCUT2D eigenvalue weighted by molar-refractivity contribution is -0.137. The van der Waals surface area contributed by atoms with Gasteiger partial charge in [0.15, 0.2) is 0 Å². The second-order valence-corrected chi connectivity index (χ2v) is 8.22. The Bertz CT molecular complexity index is 1390. The second kappa shape index (κ2) is 10.3. The van der Waals surface area contributed by atoms with Gasteiger partial charge in [0.05, 0.1) is 16.7 Å². The molecule has 2 aromatic heterocycles. The van der Waals surface area contributed by atoms with Crippen LogP contribution in [0.15, 0.2) is 67.1 Å². The zero-order valence-corrected chi connectivity index (χ0v) is 19.5. The summed E-state index contributed by atoms with van der Waals surface area (Å²) in [6, 6.07) is 11.4. The van der Waals surface area contributed by atoms with Crippen LogP contribution in [0.4, 0.5) is 24.8 Å². The first-order chi connectivity index (χ1) is 17.1. The highest BCUT2D eigenvalue weighted by Gasteiger charge is 2.33. The number of imidazole rings is 1. The molecule has 0 aliphatic carbocycles. The highest BCUT2D eigenvalue weighted by atomic mass is 35.5. The van der Waals surface area contributed by atoms with Crippen LogP contribution in [0, 0.1) is 0 Å². The van der Waals surface area contributed by atoms with E-state index in [-0.39, 0.29) is 12.1 Å². The molecule has 1 amide bonds. The molecule has 0 unspecified atom stereocenters. The Morgan fingerprint density at radius 3 is 2.69 bits per heavy atom. The van der Waals surface area contributed by atoms with E-state index in [1.165, 1.54) is 6.07 Å². The highest BCUT2D eigenvalue weighted by Crippen LogP contribution is 2.35. The molecular formula is C24H20ClF3N6O2. The number of aromatic nitrogens is 4. The van der Waals surface area contributed by atoms with E-state index in [1.807, 2.05) is 0 Å². The van der Waals surface area contributed by atoms with Gasteiger partial charge in [0.1, 0.15) is 11.6 Å². The summed E-state index contributed by atoms with van der Waals surface area (Å²) < 4.78 is 41.2. The maximum atomic E-state index is 13.2. The van der Waals surface area contributed by atoms with Crippen molar-refractivity contribution < 1.29 is 23.1 Å². The van der Waals surface area contributed by atoms with Crippen LogP contribution >= 0.6 is 11.6 Å². The zero-order valence-electron chi connectivity index (χ0n) is 18.8. The zero-order chi connectivity index (χ0) is 25.9. The van der Waals surface area contributed by atoms with Gasteiger partial charge in [0.2, 0.25) is 5.95 Å². The second-order valence-electron chi connectivity index (χ2n) is 7.82. The van der Waals surface area contributed by atoms with Crippen LogP contribution in [0.3, 0.4) is 0 Å². The fourth-order valence-corrected chi connectivity index (χ4v) is 3.56. The fraction of sp³-hybridized carbons (Fsp3) is 0.167. The van der Waals surface area contributed by atoms with Crippen LogP contribution in [0.1, 0.15) is 22.8 Å². The molecule has 3 N–H and O–H groups in total. The van der Waals surface area contributed by atoms with Gasteiger partial charge < -0.3 is 15.7 Å². The molecule has 1 atom stereocenters. The number of alkyl halides is 3. The van der Waals surface area contributed by atoms with Crippen LogP contribution in [0.25, 0.3) is 17.2 Å². The van der Waals surface area contributed by atoms with E-state index in [0.717, 1.165) is 6.07 Å². The Morgan fingerprint density at radius 1 is 1.14 bits per heavy atom. The van der Waals surface area contributed by atoms with E-state index in [1.54, 1.807) is 60.4 Å². The van der Waals surface area contributed by atoms with Gasteiger partial charge in [-0.1, -0.05) is 23.7 Å². The minimum Gasteiger partial charge on any atom is -0.392 e. The largest absolute Gasteiger partial charge is 0.417 e. The van der Waals surface area contributed by atoms with Gasteiger partial charge in [0, 0.05) is 41.9 Å². The number of hydrogen-bond donors (Lipinski definition) is 3. The molecule has 4 aromatic rings. The molecule has 0 spiro atoms. The lowest BCUT2D eigenvalue weighted by atomic mass is 10.1. The first-order valence-electron chi connectivity index (χ1n) is 10.7. The molecule has 0 bridgehead atoms. The van der Waals surface area contributed by atoms with Crippen molar-refractivity contribution in [3.8, 4) is 17.2 Å².